The van der Waals surface area contributed by atoms with Gasteiger partial charge in [-0.3, -0.25) is 4.90 Å². The number of benzene rings is 1. The maximum atomic E-state index is 13.3. The molecule has 108 valence electrons. The van der Waals surface area contributed by atoms with E-state index < -0.39 is 5.82 Å². The number of hydrogen-bond donors (Lipinski definition) is 1. The lowest BCUT2D eigenvalue weighted by molar-refractivity contribution is -0.0493. The molecule has 0 atom stereocenters. The number of ether oxygens (including phenoxy) is 1. The van der Waals surface area contributed by atoms with Gasteiger partial charge in [0.15, 0.2) is 0 Å². The molecule has 1 aliphatic heterocycles. The third-order valence-corrected chi connectivity index (χ3v) is 4.10. The molecule has 0 radical (unpaired) electrons. The van der Waals surface area contributed by atoms with Crippen LogP contribution in [0.2, 0.25) is 0 Å². The molecule has 1 aromatic rings. The molecule has 1 aliphatic rings. The highest BCUT2D eigenvalue weighted by molar-refractivity contribution is 5.34. The third-order valence-electron chi connectivity index (χ3n) is 4.10. The largest absolute Gasteiger partial charge is 0.394 e. The van der Waals surface area contributed by atoms with Gasteiger partial charge >= 0.3 is 0 Å². The summed E-state index contributed by atoms with van der Waals surface area (Å²) >= 11 is 0. The molecule has 1 aromatic carbocycles. The zero-order chi connectivity index (χ0) is 14.6. The number of hydrogen-bond acceptors (Lipinski definition) is 4. The summed E-state index contributed by atoms with van der Waals surface area (Å²) < 4.78 is 18.7. The quantitative estimate of drug-likeness (QED) is 0.910. The predicted octanol–water partition coefficient (Wildman–Crippen LogP) is 1.67. The van der Waals surface area contributed by atoms with Gasteiger partial charge in [0.2, 0.25) is 0 Å². The Balaban J connectivity index is 2.14. The number of aliphatic hydroxyl groups is 1. The molecular formula is C15H19FN2O2. The Morgan fingerprint density at radius 3 is 2.75 bits per heavy atom. The molecule has 0 saturated carbocycles. The smallest absolute Gasteiger partial charge is 0.140 e. The minimum atomic E-state index is -0.498. The van der Waals surface area contributed by atoms with Crippen molar-refractivity contribution in [1.82, 2.24) is 4.90 Å². The van der Waals surface area contributed by atoms with Crippen molar-refractivity contribution < 1.29 is 14.2 Å². The van der Waals surface area contributed by atoms with E-state index in [2.05, 4.69) is 4.90 Å². The molecule has 2 rings (SSSR count). The fourth-order valence-corrected chi connectivity index (χ4v) is 2.61. The van der Waals surface area contributed by atoms with Crippen LogP contribution in [0.25, 0.3) is 0 Å². The van der Waals surface area contributed by atoms with Crippen LogP contribution >= 0.6 is 0 Å². The van der Waals surface area contributed by atoms with Gasteiger partial charge in [-0.15, -0.1) is 0 Å². The summed E-state index contributed by atoms with van der Waals surface area (Å²) in [7, 11) is 1.94. The highest BCUT2D eigenvalue weighted by Crippen LogP contribution is 2.28. The van der Waals surface area contributed by atoms with Crippen LogP contribution < -0.4 is 0 Å². The fraction of sp³-hybridized carbons (Fsp3) is 0.533. The van der Waals surface area contributed by atoms with Gasteiger partial charge in [-0.25, -0.2) is 4.39 Å². The van der Waals surface area contributed by atoms with Gasteiger partial charge < -0.3 is 9.84 Å². The number of likely N-dealkylation sites (N-methyl/N-ethyl adjacent to an activating group) is 1. The van der Waals surface area contributed by atoms with Gasteiger partial charge in [0, 0.05) is 25.3 Å². The van der Waals surface area contributed by atoms with Crippen LogP contribution in [0.15, 0.2) is 18.2 Å². The lowest BCUT2D eigenvalue weighted by atomic mass is 9.89. The summed E-state index contributed by atoms with van der Waals surface area (Å²) in [6.07, 6.45) is 1.54. The van der Waals surface area contributed by atoms with Gasteiger partial charge in [0.25, 0.3) is 0 Å². The molecule has 0 aliphatic carbocycles. The molecule has 20 heavy (non-hydrogen) atoms. The fourth-order valence-electron chi connectivity index (χ4n) is 2.61. The van der Waals surface area contributed by atoms with Crippen LogP contribution in [0, 0.1) is 17.1 Å². The van der Waals surface area contributed by atoms with Gasteiger partial charge in [0.1, 0.15) is 11.9 Å². The van der Waals surface area contributed by atoms with Gasteiger partial charge in [-0.1, -0.05) is 6.07 Å². The van der Waals surface area contributed by atoms with Gasteiger partial charge in [-0.2, -0.15) is 5.26 Å². The zero-order valence-corrected chi connectivity index (χ0v) is 11.6. The standard InChI is InChI=1S/C15H19FN2O2/c1-18(15(11-19)4-6-20-7-5-15)10-12-2-3-14(16)13(8-12)9-17/h2-3,8,19H,4-7,10-11H2,1H3. The van der Waals surface area contributed by atoms with E-state index in [4.69, 9.17) is 10.00 Å². The van der Waals surface area contributed by atoms with Crippen LogP contribution in [-0.2, 0) is 11.3 Å². The first-order chi connectivity index (χ1) is 9.61. The average Bonchev–Trinajstić information content (AvgIpc) is 2.49. The van der Waals surface area contributed by atoms with Crippen LogP contribution in [0.1, 0.15) is 24.0 Å². The van der Waals surface area contributed by atoms with E-state index in [1.165, 1.54) is 6.07 Å². The van der Waals surface area contributed by atoms with E-state index >= 15 is 0 Å². The summed E-state index contributed by atoms with van der Waals surface area (Å²) in [4.78, 5) is 2.07. The number of rotatable bonds is 4. The van der Waals surface area contributed by atoms with Crippen molar-refractivity contribution in [2.45, 2.75) is 24.9 Å². The minimum absolute atomic E-state index is 0.0564. The Morgan fingerprint density at radius 1 is 1.45 bits per heavy atom. The Kier molecular flexibility index (Phi) is 4.71. The lowest BCUT2D eigenvalue weighted by Gasteiger charge is -2.43. The van der Waals surface area contributed by atoms with E-state index in [-0.39, 0.29) is 17.7 Å². The number of halogens is 1. The third kappa shape index (κ3) is 2.98. The average molecular weight is 278 g/mol. The maximum Gasteiger partial charge on any atom is 0.140 e. The van der Waals surface area contributed by atoms with Crippen molar-refractivity contribution in [2.24, 2.45) is 0 Å². The molecule has 1 fully saturated rings. The SMILES string of the molecule is CN(Cc1ccc(F)c(C#N)c1)C1(CO)CCOCC1. The molecule has 0 amide bonds. The molecule has 0 aromatic heterocycles. The lowest BCUT2D eigenvalue weighted by Crippen LogP contribution is -2.52. The molecule has 0 spiro atoms. The van der Waals surface area contributed by atoms with Crippen LogP contribution in [-0.4, -0.2) is 42.4 Å². The summed E-state index contributed by atoms with van der Waals surface area (Å²) in [5.41, 5.74) is 0.630. The molecular weight excluding hydrogens is 259 g/mol. The molecule has 0 bridgehead atoms. The zero-order valence-electron chi connectivity index (χ0n) is 11.6. The first-order valence-electron chi connectivity index (χ1n) is 6.70. The number of nitrogens with zero attached hydrogens (tertiary/aromatic N) is 2. The minimum Gasteiger partial charge on any atom is -0.394 e. The van der Waals surface area contributed by atoms with Gasteiger partial charge in [0.05, 0.1) is 12.2 Å². The molecule has 1 saturated heterocycles. The number of aliphatic hydroxyl groups excluding tert-OH is 1. The van der Waals surface area contributed by atoms with Crippen molar-refractivity contribution in [1.29, 1.82) is 5.26 Å². The first kappa shape index (κ1) is 14.9. The van der Waals surface area contributed by atoms with E-state index in [0.717, 1.165) is 18.4 Å². The van der Waals surface area contributed by atoms with E-state index in [1.807, 2.05) is 13.1 Å². The maximum absolute atomic E-state index is 13.3. The van der Waals surface area contributed by atoms with E-state index in [1.54, 1.807) is 12.1 Å². The van der Waals surface area contributed by atoms with Crippen molar-refractivity contribution in [3.63, 3.8) is 0 Å². The first-order valence-corrected chi connectivity index (χ1v) is 6.70. The second kappa shape index (κ2) is 6.31. The van der Waals surface area contributed by atoms with Crippen LogP contribution in [0.4, 0.5) is 4.39 Å². The Morgan fingerprint density at radius 2 is 2.15 bits per heavy atom. The highest BCUT2D eigenvalue weighted by atomic mass is 19.1. The Labute approximate surface area is 118 Å². The summed E-state index contributed by atoms with van der Waals surface area (Å²) in [5, 5.41) is 18.6. The molecule has 4 nitrogen and oxygen atoms in total. The van der Waals surface area contributed by atoms with Crippen molar-refractivity contribution in [3.8, 4) is 6.07 Å². The second-order valence-corrected chi connectivity index (χ2v) is 5.28. The summed E-state index contributed by atoms with van der Waals surface area (Å²) in [6, 6.07) is 6.41. The number of nitriles is 1. The Hall–Kier alpha value is -1.48. The highest BCUT2D eigenvalue weighted by Gasteiger charge is 2.35. The van der Waals surface area contributed by atoms with Crippen molar-refractivity contribution in [3.05, 3.63) is 35.1 Å². The monoisotopic (exact) mass is 278 g/mol. The normalized spacial score (nSPS) is 17.9. The topological polar surface area (TPSA) is 56.5 Å². The molecule has 0 unspecified atom stereocenters. The van der Waals surface area contributed by atoms with Crippen LogP contribution in [0.3, 0.4) is 0 Å². The van der Waals surface area contributed by atoms with E-state index in [0.29, 0.717) is 19.8 Å². The predicted molar refractivity (Wildman–Crippen MR) is 72.5 cm³/mol. The van der Waals surface area contributed by atoms with Crippen molar-refractivity contribution in [2.75, 3.05) is 26.9 Å². The van der Waals surface area contributed by atoms with Gasteiger partial charge in [-0.05, 0) is 37.6 Å². The molecule has 1 heterocycles. The van der Waals surface area contributed by atoms with Crippen LogP contribution in [0.5, 0.6) is 0 Å². The van der Waals surface area contributed by atoms with Crippen molar-refractivity contribution >= 4 is 0 Å². The molecule has 1 N–H and O–H groups in total. The van der Waals surface area contributed by atoms with E-state index in [9.17, 15) is 9.50 Å². The second-order valence-electron chi connectivity index (χ2n) is 5.28. The Bertz CT molecular complexity index is 507. The molecule has 5 heteroatoms. The summed E-state index contributed by atoms with van der Waals surface area (Å²) in [5.74, 6) is -0.498. The summed E-state index contributed by atoms with van der Waals surface area (Å²) in [6.45, 7) is 1.91.